The van der Waals surface area contributed by atoms with E-state index in [-0.39, 0.29) is 17.1 Å². The molecule has 1 aromatic carbocycles. The summed E-state index contributed by atoms with van der Waals surface area (Å²) in [6.45, 7) is 2.32. The molecule has 0 unspecified atom stereocenters. The highest BCUT2D eigenvalue weighted by Crippen LogP contribution is 2.28. The van der Waals surface area contributed by atoms with Gasteiger partial charge in [-0.25, -0.2) is 0 Å². The van der Waals surface area contributed by atoms with E-state index in [9.17, 15) is 20.2 Å². The molecule has 1 rings (SSSR count). The minimum Gasteiger partial charge on any atom is -0.378 e. The average molecular weight is 425 g/mol. The number of nitrogens with zero attached hydrogens (tertiary/aromatic N) is 2. The van der Waals surface area contributed by atoms with E-state index in [1.807, 2.05) is 0 Å². The molecule has 22 heavy (non-hydrogen) atoms. The Balaban J connectivity index is 2.42. The normalized spacial score (nSPS) is 10.4. The Kier molecular flexibility index (Phi) is 8.62. The molecule has 0 saturated heterocycles. The SMILES string of the molecule is O=[N+]([O-])c1ccc(NCCOCCOCCI)c([N+](=O)[O-])c1. The third kappa shape index (κ3) is 6.49. The molecule has 0 atom stereocenters. The Morgan fingerprint density at radius 3 is 2.32 bits per heavy atom. The first kappa shape index (κ1) is 18.5. The van der Waals surface area contributed by atoms with Gasteiger partial charge in [-0.05, 0) is 6.07 Å². The minimum absolute atomic E-state index is 0.223. The van der Waals surface area contributed by atoms with Crippen molar-refractivity contribution in [1.29, 1.82) is 0 Å². The van der Waals surface area contributed by atoms with Crippen LogP contribution in [-0.2, 0) is 9.47 Å². The number of ether oxygens (including phenoxy) is 2. The summed E-state index contributed by atoms with van der Waals surface area (Å²) in [5.74, 6) is 0. The van der Waals surface area contributed by atoms with Crippen molar-refractivity contribution in [3.05, 3.63) is 38.4 Å². The molecule has 0 amide bonds. The van der Waals surface area contributed by atoms with Gasteiger partial charge in [0.1, 0.15) is 5.69 Å². The fourth-order valence-corrected chi connectivity index (χ4v) is 1.88. The van der Waals surface area contributed by atoms with Gasteiger partial charge < -0.3 is 14.8 Å². The Morgan fingerprint density at radius 1 is 1.05 bits per heavy atom. The van der Waals surface area contributed by atoms with Crippen molar-refractivity contribution in [1.82, 2.24) is 0 Å². The van der Waals surface area contributed by atoms with Crippen molar-refractivity contribution in [2.45, 2.75) is 0 Å². The van der Waals surface area contributed by atoms with E-state index in [0.29, 0.717) is 33.0 Å². The van der Waals surface area contributed by atoms with Crippen molar-refractivity contribution in [3.8, 4) is 0 Å². The fraction of sp³-hybridized carbons (Fsp3) is 0.500. The summed E-state index contributed by atoms with van der Waals surface area (Å²) < 4.78 is 11.4. The van der Waals surface area contributed by atoms with E-state index in [2.05, 4.69) is 27.9 Å². The third-order valence-electron chi connectivity index (χ3n) is 2.54. The summed E-state index contributed by atoms with van der Waals surface area (Å²) in [7, 11) is 0. The fourth-order valence-electron chi connectivity index (χ4n) is 1.57. The van der Waals surface area contributed by atoms with Crippen LogP contribution in [0.2, 0.25) is 0 Å². The Morgan fingerprint density at radius 2 is 1.73 bits per heavy atom. The summed E-state index contributed by atoms with van der Waals surface area (Å²) in [6, 6.07) is 3.47. The zero-order chi connectivity index (χ0) is 16.4. The summed E-state index contributed by atoms with van der Waals surface area (Å²) in [5.41, 5.74) is -0.430. The Labute approximate surface area is 140 Å². The summed E-state index contributed by atoms with van der Waals surface area (Å²) in [4.78, 5) is 20.2. The predicted octanol–water partition coefficient (Wildman–Crippen LogP) is 2.38. The van der Waals surface area contributed by atoms with Gasteiger partial charge >= 0.3 is 0 Å². The smallest absolute Gasteiger partial charge is 0.299 e. The second-order valence-electron chi connectivity index (χ2n) is 4.06. The second kappa shape index (κ2) is 10.2. The van der Waals surface area contributed by atoms with Gasteiger partial charge in [-0.1, -0.05) is 22.6 Å². The number of nitro groups is 2. The molecule has 0 aliphatic rings. The quantitative estimate of drug-likeness (QED) is 0.190. The van der Waals surface area contributed by atoms with Crippen LogP contribution in [-0.4, -0.2) is 47.2 Å². The molecule has 9 nitrogen and oxygen atoms in total. The maximum absolute atomic E-state index is 10.9. The van der Waals surface area contributed by atoms with Gasteiger partial charge in [0.2, 0.25) is 0 Å². The molecule has 0 spiro atoms. The number of alkyl halides is 1. The van der Waals surface area contributed by atoms with Crippen LogP contribution < -0.4 is 5.32 Å². The monoisotopic (exact) mass is 425 g/mol. The van der Waals surface area contributed by atoms with Crippen LogP contribution in [0.4, 0.5) is 17.1 Å². The number of halogens is 1. The number of anilines is 1. The van der Waals surface area contributed by atoms with Crippen LogP contribution in [0.1, 0.15) is 0 Å². The number of rotatable bonds is 11. The molecule has 1 N–H and O–H groups in total. The lowest BCUT2D eigenvalue weighted by Gasteiger charge is -2.08. The Hall–Kier alpha value is -1.53. The zero-order valence-corrected chi connectivity index (χ0v) is 13.9. The molecule has 0 bridgehead atoms. The van der Waals surface area contributed by atoms with Gasteiger partial charge in [-0.3, -0.25) is 20.2 Å². The molecule has 10 heteroatoms. The predicted molar refractivity (Wildman–Crippen MR) is 88.8 cm³/mol. The van der Waals surface area contributed by atoms with Gasteiger partial charge in [-0.2, -0.15) is 0 Å². The molecule has 0 aromatic heterocycles. The van der Waals surface area contributed by atoms with E-state index in [1.165, 1.54) is 12.1 Å². The number of nitrogens with one attached hydrogen (secondary N) is 1. The van der Waals surface area contributed by atoms with E-state index in [4.69, 9.17) is 9.47 Å². The van der Waals surface area contributed by atoms with Crippen molar-refractivity contribution in [3.63, 3.8) is 0 Å². The third-order valence-corrected chi connectivity index (χ3v) is 2.98. The van der Waals surface area contributed by atoms with Gasteiger partial charge in [0, 0.05) is 17.0 Å². The van der Waals surface area contributed by atoms with Crippen LogP contribution >= 0.6 is 22.6 Å². The standard InChI is InChI=1S/C12H16IN3O6/c13-3-5-21-7-8-22-6-4-14-11-2-1-10(15(17)18)9-12(11)16(19)20/h1-2,9,14H,3-8H2. The first-order chi connectivity index (χ1) is 10.6. The van der Waals surface area contributed by atoms with Crippen LogP contribution in [0, 0.1) is 20.2 Å². The summed E-state index contributed by atoms with van der Waals surface area (Å²) in [6.07, 6.45) is 0. The minimum atomic E-state index is -0.671. The molecular weight excluding hydrogens is 409 g/mol. The first-order valence-electron chi connectivity index (χ1n) is 6.44. The maximum Gasteiger partial charge on any atom is 0.299 e. The molecule has 0 aliphatic carbocycles. The van der Waals surface area contributed by atoms with Crippen LogP contribution in [0.15, 0.2) is 18.2 Å². The van der Waals surface area contributed by atoms with Gasteiger partial charge in [-0.15, -0.1) is 0 Å². The number of hydrogen-bond acceptors (Lipinski definition) is 7. The number of nitro benzene ring substituents is 2. The van der Waals surface area contributed by atoms with E-state index in [1.54, 1.807) is 0 Å². The molecule has 0 saturated carbocycles. The largest absolute Gasteiger partial charge is 0.378 e. The lowest BCUT2D eigenvalue weighted by Crippen LogP contribution is -2.13. The highest BCUT2D eigenvalue weighted by atomic mass is 127. The van der Waals surface area contributed by atoms with Crippen LogP contribution in [0.5, 0.6) is 0 Å². The topological polar surface area (TPSA) is 117 Å². The number of benzene rings is 1. The highest BCUT2D eigenvalue weighted by molar-refractivity contribution is 14.1. The van der Waals surface area contributed by atoms with Crippen LogP contribution in [0.3, 0.4) is 0 Å². The molecular formula is C12H16IN3O6. The number of non-ortho nitro benzene ring substituents is 1. The average Bonchev–Trinajstić information content (AvgIpc) is 2.49. The van der Waals surface area contributed by atoms with Crippen molar-refractivity contribution in [2.24, 2.45) is 0 Å². The van der Waals surface area contributed by atoms with Gasteiger partial charge in [0.15, 0.2) is 0 Å². The first-order valence-corrected chi connectivity index (χ1v) is 7.97. The van der Waals surface area contributed by atoms with Gasteiger partial charge in [0.05, 0.1) is 42.3 Å². The Bertz CT molecular complexity index is 514. The van der Waals surface area contributed by atoms with Crippen molar-refractivity contribution in [2.75, 3.05) is 42.7 Å². The summed E-state index contributed by atoms with van der Waals surface area (Å²) >= 11 is 2.21. The van der Waals surface area contributed by atoms with Crippen molar-refractivity contribution >= 4 is 39.7 Å². The maximum atomic E-state index is 10.9. The van der Waals surface area contributed by atoms with E-state index < -0.39 is 9.85 Å². The molecule has 1 aromatic rings. The molecule has 0 aliphatic heterocycles. The summed E-state index contributed by atoms with van der Waals surface area (Å²) in [5, 5.41) is 24.4. The van der Waals surface area contributed by atoms with Crippen molar-refractivity contribution < 1.29 is 19.3 Å². The second-order valence-corrected chi connectivity index (χ2v) is 5.13. The molecule has 0 fully saturated rings. The highest BCUT2D eigenvalue weighted by Gasteiger charge is 2.18. The zero-order valence-electron chi connectivity index (χ0n) is 11.7. The van der Waals surface area contributed by atoms with Gasteiger partial charge in [0.25, 0.3) is 11.4 Å². The molecule has 0 radical (unpaired) electrons. The van der Waals surface area contributed by atoms with Crippen LogP contribution in [0.25, 0.3) is 0 Å². The molecule has 0 heterocycles. The lowest BCUT2D eigenvalue weighted by atomic mass is 10.2. The number of hydrogen-bond donors (Lipinski definition) is 1. The van der Waals surface area contributed by atoms with E-state index in [0.717, 1.165) is 10.5 Å². The van der Waals surface area contributed by atoms with E-state index >= 15 is 0 Å². The molecule has 122 valence electrons. The lowest BCUT2D eigenvalue weighted by molar-refractivity contribution is -0.393.